The Hall–Kier alpha value is -3.11. The molecule has 1 amide bonds. The largest absolute Gasteiger partial charge is 0.492 e. The van der Waals surface area contributed by atoms with Crippen molar-refractivity contribution in [2.45, 2.75) is 45.8 Å². The zero-order valence-corrected chi connectivity index (χ0v) is 19.4. The molecule has 4 nitrogen and oxygen atoms in total. The van der Waals surface area contributed by atoms with Crippen LogP contribution in [0.1, 0.15) is 43.5 Å². The number of fused-ring (bicyclic) bond motifs is 1. The van der Waals surface area contributed by atoms with Crippen molar-refractivity contribution in [3.8, 4) is 16.9 Å². The maximum absolute atomic E-state index is 13.5. The molecule has 0 aliphatic carbocycles. The van der Waals surface area contributed by atoms with Gasteiger partial charge in [0, 0.05) is 24.2 Å². The van der Waals surface area contributed by atoms with E-state index in [0.29, 0.717) is 19.7 Å². The summed E-state index contributed by atoms with van der Waals surface area (Å²) in [7, 11) is 0. The third kappa shape index (κ3) is 5.03. The number of nitrogens with one attached hydrogen (secondary N) is 1. The van der Waals surface area contributed by atoms with E-state index in [1.165, 1.54) is 22.3 Å². The van der Waals surface area contributed by atoms with E-state index in [0.717, 1.165) is 11.3 Å². The van der Waals surface area contributed by atoms with Crippen LogP contribution in [0.3, 0.4) is 0 Å². The number of para-hydroxylation sites is 1. The summed E-state index contributed by atoms with van der Waals surface area (Å²) in [4.78, 5) is 15.8. The van der Waals surface area contributed by atoms with Crippen LogP contribution in [-0.4, -0.2) is 29.5 Å². The molecule has 0 spiro atoms. The standard InChI is InChI=1S/C28H32N2O2/c1-20-10-9-12-21(18-20)23-13-6-5-11-22(23)19-30-16-17-32-25-15-8-7-14-24(25)26(30)27(31)29-28(2,3)4/h5-15,18,26H,16-17,19H2,1-4H3,(H,29,31). The summed E-state index contributed by atoms with van der Waals surface area (Å²) in [6.45, 7) is 10.0. The van der Waals surface area contributed by atoms with Crippen LogP contribution in [0.15, 0.2) is 72.8 Å². The lowest BCUT2D eigenvalue weighted by molar-refractivity contribution is -0.128. The van der Waals surface area contributed by atoms with Gasteiger partial charge >= 0.3 is 0 Å². The van der Waals surface area contributed by atoms with Gasteiger partial charge in [0.15, 0.2) is 0 Å². The molecular formula is C28H32N2O2. The van der Waals surface area contributed by atoms with Gasteiger partial charge in [-0.25, -0.2) is 0 Å². The Balaban J connectivity index is 1.73. The predicted octanol–water partition coefficient (Wildman–Crippen LogP) is 5.51. The molecule has 3 aromatic rings. The van der Waals surface area contributed by atoms with E-state index in [1.807, 2.05) is 45.0 Å². The first-order chi connectivity index (χ1) is 15.3. The fourth-order valence-corrected chi connectivity index (χ4v) is 4.32. The minimum absolute atomic E-state index is 0.00323. The molecule has 3 aromatic carbocycles. The second-order valence-corrected chi connectivity index (χ2v) is 9.53. The minimum atomic E-state index is -0.418. The van der Waals surface area contributed by atoms with E-state index in [1.54, 1.807) is 0 Å². The minimum Gasteiger partial charge on any atom is -0.492 e. The number of hydrogen-bond acceptors (Lipinski definition) is 3. The zero-order chi connectivity index (χ0) is 22.7. The molecule has 1 aliphatic rings. The van der Waals surface area contributed by atoms with Gasteiger partial charge in [0.05, 0.1) is 0 Å². The average Bonchev–Trinajstić information content (AvgIpc) is 2.92. The van der Waals surface area contributed by atoms with E-state index >= 15 is 0 Å². The van der Waals surface area contributed by atoms with Crippen LogP contribution in [0.5, 0.6) is 5.75 Å². The van der Waals surface area contributed by atoms with Gasteiger partial charge < -0.3 is 10.1 Å². The highest BCUT2D eigenvalue weighted by atomic mass is 16.5. The molecule has 32 heavy (non-hydrogen) atoms. The Labute approximate surface area is 191 Å². The molecule has 4 heteroatoms. The topological polar surface area (TPSA) is 41.6 Å². The molecule has 0 aromatic heterocycles. The molecule has 1 atom stereocenters. The summed E-state index contributed by atoms with van der Waals surface area (Å²) < 4.78 is 6.04. The van der Waals surface area contributed by atoms with Gasteiger partial charge in [-0.1, -0.05) is 72.3 Å². The monoisotopic (exact) mass is 428 g/mol. The molecule has 0 saturated heterocycles. The zero-order valence-electron chi connectivity index (χ0n) is 19.4. The second-order valence-electron chi connectivity index (χ2n) is 9.53. The van der Waals surface area contributed by atoms with Crippen molar-refractivity contribution < 1.29 is 9.53 Å². The summed E-state index contributed by atoms with van der Waals surface area (Å²) in [6.07, 6.45) is 0. The first kappa shape index (κ1) is 22.1. The maximum Gasteiger partial charge on any atom is 0.242 e. The highest BCUT2D eigenvalue weighted by Gasteiger charge is 2.34. The fraction of sp³-hybridized carbons (Fsp3) is 0.321. The van der Waals surface area contributed by atoms with Crippen LogP contribution >= 0.6 is 0 Å². The molecule has 1 N–H and O–H groups in total. The van der Waals surface area contributed by atoms with Gasteiger partial charge in [-0.3, -0.25) is 9.69 Å². The summed E-state index contributed by atoms with van der Waals surface area (Å²) in [5, 5.41) is 3.19. The Bertz CT molecular complexity index is 1100. The number of carbonyl (C=O) groups excluding carboxylic acids is 1. The first-order valence-electron chi connectivity index (χ1n) is 11.2. The molecule has 0 saturated carbocycles. The number of benzene rings is 3. The van der Waals surface area contributed by atoms with Crippen molar-refractivity contribution in [1.29, 1.82) is 0 Å². The van der Waals surface area contributed by atoms with Gasteiger partial charge in [0.2, 0.25) is 5.91 Å². The summed E-state index contributed by atoms with van der Waals surface area (Å²) in [5.41, 5.74) is 5.43. The van der Waals surface area contributed by atoms with Gasteiger partial charge in [-0.05, 0) is 50.5 Å². The smallest absolute Gasteiger partial charge is 0.242 e. The van der Waals surface area contributed by atoms with Crippen LogP contribution in [0, 0.1) is 6.92 Å². The van der Waals surface area contributed by atoms with Gasteiger partial charge in [0.1, 0.15) is 18.4 Å². The van der Waals surface area contributed by atoms with Crippen molar-refractivity contribution >= 4 is 5.91 Å². The van der Waals surface area contributed by atoms with Gasteiger partial charge in [-0.2, -0.15) is 0 Å². The van der Waals surface area contributed by atoms with E-state index in [9.17, 15) is 4.79 Å². The molecule has 4 rings (SSSR count). The van der Waals surface area contributed by atoms with E-state index in [2.05, 4.69) is 65.7 Å². The lowest BCUT2D eigenvalue weighted by Crippen LogP contribution is -2.47. The Morgan fingerprint density at radius 3 is 2.56 bits per heavy atom. The van der Waals surface area contributed by atoms with Crippen LogP contribution in [0.4, 0.5) is 0 Å². The van der Waals surface area contributed by atoms with Crippen molar-refractivity contribution in [2.24, 2.45) is 0 Å². The third-order valence-electron chi connectivity index (χ3n) is 5.68. The number of nitrogens with zero attached hydrogens (tertiary/aromatic N) is 1. The van der Waals surface area contributed by atoms with Crippen LogP contribution in [0.2, 0.25) is 0 Å². The lowest BCUT2D eigenvalue weighted by atomic mass is 9.96. The lowest BCUT2D eigenvalue weighted by Gasteiger charge is -2.32. The fourth-order valence-electron chi connectivity index (χ4n) is 4.32. The number of aryl methyl sites for hydroxylation is 1. The normalized spacial score (nSPS) is 16.6. The Kier molecular flexibility index (Phi) is 6.33. The van der Waals surface area contributed by atoms with E-state index in [4.69, 9.17) is 4.74 Å². The summed E-state index contributed by atoms with van der Waals surface area (Å²) in [6, 6.07) is 24.5. The molecule has 166 valence electrons. The quantitative estimate of drug-likeness (QED) is 0.596. The second kappa shape index (κ2) is 9.17. The molecule has 1 unspecified atom stereocenters. The average molecular weight is 429 g/mol. The molecular weight excluding hydrogens is 396 g/mol. The van der Waals surface area contributed by atoms with Gasteiger partial charge in [-0.15, -0.1) is 0 Å². The highest BCUT2D eigenvalue weighted by molar-refractivity contribution is 5.84. The third-order valence-corrected chi connectivity index (χ3v) is 5.68. The van der Waals surface area contributed by atoms with Crippen molar-refractivity contribution in [1.82, 2.24) is 10.2 Å². The molecule has 1 aliphatic heterocycles. The Morgan fingerprint density at radius 2 is 1.78 bits per heavy atom. The predicted molar refractivity (Wildman–Crippen MR) is 130 cm³/mol. The molecule has 0 fully saturated rings. The van der Waals surface area contributed by atoms with Crippen LogP contribution < -0.4 is 10.1 Å². The van der Waals surface area contributed by atoms with Crippen molar-refractivity contribution in [3.05, 3.63) is 89.5 Å². The van der Waals surface area contributed by atoms with E-state index < -0.39 is 6.04 Å². The van der Waals surface area contributed by atoms with Gasteiger partial charge in [0.25, 0.3) is 0 Å². The molecule has 0 bridgehead atoms. The number of hydrogen-bond donors (Lipinski definition) is 1. The van der Waals surface area contributed by atoms with Crippen LogP contribution in [0.25, 0.3) is 11.1 Å². The number of ether oxygens (including phenoxy) is 1. The highest BCUT2D eigenvalue weighted by Crippen LogP contribution is 2.35. The number of rotatable bonds is 4. The SMILES string of the molecule is Cc1cccc(-c2ccccc2CN2CCOc3ccccc3C2C(=O)NC(C)(C)C)c1. The summed E-state index contributed by atoms with van der Waals surface area (Å²) in [5.74, 6) is 0.791. The number of carbonyl (C=O) groups is 1. The van der Waals surface area contributed by atoms with E-state index in [-0.39, 0.29) is 11.4 Å². The summed E-state index contributed by atoms with van der Waals surface area (Å²) >= 11 is 0. The van der Waals surface area contributed by atoms with Crippen molar-refractivity contribution in [3.63, 3.8) is 0 Å². The molecule has 1 heterocycles. The van der Waals surface area contributed by atoms with Crippen molar-refractivity contribution in [2.75, 3.05) is 13.2 Å². The Morgan fingerprint density at radius 1 is 1.03 bits per heavy atom. The first-order valence-corrected chi connectivity index (χ1v) is 11.2. The number of amides is 1. The molecule has 0 radical (unpaired) electrons. The maximum atomic E-state index is 13.5. The van der Waals surface area contributed by atoms with Crippen LogP contribution in [-0.2, 0) is 11.3 Å².